The van der Waals surface area contributed by atoms with E-state index in [1.165, 1.54) is 0 Å². The Kier molecular flexibility index (Phi) is 3.58. The number of hydrogen-bond donors (Lipinski definition) is 0. The van der Waals surface area contributed by atoms with Gasteiger partial charge in [-0.25, -0.2) is 4.79 Å². The first-order valence-electron chi connectivity index (χ1n) is 5.02. The second-order valence-corrected chi connectivity index (χ2v) is 3.83. The van der Waals surface area contributed by atoms with Crippen LogP contribution < -0.4 is 0 Å². The SMILES string of the molecule is CCCC1(CCC)COC(=O)OC1. The highest BCUT2D eigenvalue weighted by atomic mass is 16.7. The molecule has 0 spiro atoms. The van der Waals surface area contributed by atoms with Crippen LogP contribution >= 0.6 is 0 Å². The molecule has 3 heteroatoms. The Hall–Kier alpha value is -0.730. The normalized spacial score (nSPS) is 20.6. The largest absolute Gasteiger partial charge is 0.508 e. The lowest BCUT2D eigenvalue weighted by molar-refractivity contribution is -0.0672. The molecule has 0 N–H and O–H groups in total. The van der Waals surface area contributed by atoms with Crippen LogP contribution in [0, 0.1) is 5.41 Å². The molecule has 1 rings (SSSR count). The quantitative estimate of drug-likeness (QED) is 0.633. The van der Waals surface area contributed by atoms with E-state index < -0.39 is 6.16 Å². The van der Waals surface area contributed by atoms with E-state index in [4.69, 9.17) is 9.47 Å². The molecule has 0 saturated carbocycles. The molecule has 1 heterocycles. The second kappa shape index (κ2) is 4.49. The van der Waals surface area contributed by atoms with Gasteiger partial charge in [0.25, 0.3) is 0 Å². The van der Waals surface area contributed by atoms with Crippen LogP contribution in [0.3, 0.4) is 0 Å². The highest BCUT2D eigenvalue weighted by Crippen LogP contribution is 2.33. The van der Waals surface area contributed by atoms with Gasteiger partial charge in [-0.1, -0.05) is 26.7 Å². The van der Waals surface area contributed by atoms with Gasteiger partial charge in [0.05, 0.1) is 0 Å². The molecule has 3 nitrogen and oxygen atoms in total. The zero-order chi connectivity index (χ0) is 9.73. The number of carbonyl (C=O) groups excluding carboxylic acids is 1. The summed E-state index contributed by atoms with van der Waals surface area (Å²) >= 11 is 0. The van der Waals surface area contributed by atoms with Gasteiger partial charge in [-0.3, -0.25) is 0 Å². The molecule has 13 heavy (non-hydrogen) atoms. The van der Waals surface area contributed by atoms with Crippen molar-refractivity contribution in [1.29, 1.82) is 0 Å². The minimum absolute atomic E-state index is 0.0947. The van der Waals surface area contributed by atoms with E-state index >= 15 is 0 Å². The van der Waals surface area contributed by atoms with Crippen molar-refractivity contribution in [3.8, 4) is 0 Å². The number of cyclic esters (lactones) is 2. The van der Waals surface area contributed by atoms with Gasteiger partial charge >= 0.3 is 6.16 Å². The van der Waals surface area contributed by atoms with Gasteiger partial charge in [0.15, 0.2) is 0 Å². The van der Waals surface area contributed by atoms with Crippen molar-refractivity contribution in [2.45, 2.75) is 39.5 Å². The Bertz CT molecular complexity index is 159. The molecule has 0 radical (unpaired) electrons. The average Bonchev–Trinajstić information content (AvgIpc) is 2.11. The Morgan fingerprint density at radius 1 is 1.15 bits per heavy atom. The molecule has 0 atom stereocenters. The number of carbonyl (C=O) groups is 1. The summed E-state index contributed by atoms with van der Waals surface area (Å²) in [5.41, 5.74) is 0.0947. The lowest BCUT2D eigenvalue weighted by Gasteiger charge is -2.35. The van der Waals surface area contributed by atoms with Gasteiger partial charge < -0.3 is 9.47 Å². The van der Waals surface area contributed by atoms with Crippen molar-refractivity contribution in [1.82, 2.24) is 0 Å². The van der Waals surface area contributed by atoms with E-state index in [0.717, 1.165) is 25.7 Å². The van der Waals surface area contributed by atoms with Crippen molar-refractivity contribution in [2.75, 3.05) is 13.2 Å². The van der Waals surface area contributed by atoms with Gasteiger partial charge in [-0.05, 0) is 12.8 Å². The fourth-order valence-electron chi connectivity index (χ4n) is 1.98. The molecular weight excluding hydrogens is 168 g/mol. The summed E-state index contributed by atoms with van der Waals surface area (Å²) in [5.74, 6) is 0. The first-order valence-corrected chi connectivity index (χ1v) is 5.02. The third-order valence-corrected chi connectivity index (χ3v) is 2.55. The van der Waals surface area contributed by atoms with Crippen LogP contribution in [0.2, 0.25) is 0 Å². The summed E-state index contributed by atoms with van der Waals surface area (Å²) in [7, 11) is 0. The van der Waals surface area contributed by atoms with E-state index in [9.17, 15) is 4.79 Å². The highest BCUT2D eigenvalue weighted by Gasteiger charge is 2.35. The van der Waals surface area contributed by atoms with Crippen LogP contribution in [0.15, 0.2) is 0 Å². The standard InChI is InChI=1S/C10H18O3/c1-3-5-10(6-4-2)7-12-9(11)13-8-10/h3-8H2,1-2H3. The van der Waals surface area contributed by atoms with Crippen LogP contribution in [0.1, 0.15) is 39.5 Å². The fraction of sp³-hybridized carbons (Fsp3) is 0.900. The van der Waals surface area contributed by atoms with Crippen LogP contribution in [-0.4, -0.2) is 19.4 Å². The minimum Gasteiger partial charge on any atom is -0.434 e. The Balaban J connectivity index is 2.51. The molecule has 1 aliphatic rings. The summed E-state index contributed by atoms with van der Waals surface area (Å²) in [6.45, 7) is 5.36. The summed E-state index contributed by atoms with van der Waals surface area (Å²) in [5, 5.41) is 0. The molecular formula is C10H18O3. The van der Waals surface area contributed by atoms with Crippen LogP contribution in [0.4, 0.5) is 4.79 Å². The molecule has 0 aromatic carbocycles. The smallest absolute Gasteiger partial charge is 0.434 e. The Morgan fingerprint density at radius 2 is 1.62 bits per heavy atom. The molecule has 0 aliphatic carbocycles. The molecule has 1 fully saturated rings. The molecule has 0 amide bonds. The van der Waals surface area contributed by atoms with Crippen molar-refractivity contribution in [3.05, 3.63) is 0 Å². The van der Waals surface area contributed by atoms with Gasteiger partial charge in [0, 0.05) is 5.41 Å². The third-order valence-electron chi connectivity index (χ3n) is 2.55. The van der Waals surface area contributed by atoms with E-state index in [1.54, 1.807) is 0 Å². The van der Waals surface area contributed by atoms with E-state index in [2.05, 4.69) is 13.8 Å². The Labute approximate surface area is 79.4 Å². The van der Waals surface area contributed by atoms with Gasteiger partial charge in [-0.2, -0.15) is 0 Å². The van der Waals surface area contributed by atoms with Crippen LogP contribution in [0.25, 0.3) is 0 Å². The minimum atomic E-state index is -0.511. The summed E-state index contributed by atoms with van der Waals surface area (Å²) < 4.78 is 9.88. The molecule has 0 unspecified atom stereocenters. The zero-order valence-corrected chi connectivity index (χ0v) is 8.47. The lowest BCUT2D eigenvalue weighted by Crippen LogP contribution is -2.39. The molecule has 1 aliphatic heterocycles. The van der Waals surface area contributed by atoms with Crippen molar-refractivity contribution in [3.63, 3.8) is 0 Å². The van der Waals surface area contributed by atoms with E-state index in [0.29, 0.717) is 13.2 Å². The summed E-state index contributed by atoms with van der Waals surface area (Å²) in [6.07, 6.45) is 3.87. The van der Waals surface area contributed by atoms with Gasteiger partial charge in [0.1, 0.15) is 13.2 Å². The van der Waals surface area contributed by atoms with Crippen LogP contribution in [0.5, 0.6) is 0 Å². The molecule has 0 aromatic heterocycles. The monoisotopic (exact) mass is 186 g/mol. The fourth-order valence-corrected chi connectivity index (χ4v) is 1.98. The van der Waals surface area contributed by atoms with E-state index in [-0.39, 0.29) is 5.41 Å². The predicted octanol–water partition coefficient (Wildman–Crippen LogP) is 2.74. The van der Waals surface area contributed by atoms with E-state index in [1.807, 2.05) is 0 Å². The number of rotatable bonds is 4. The molecule has 0 aromatic rings. The zero-order valence-electron chi connectivity index (χ0n) is 8.47. The topological polar surface area (TPSA) is 35.5 Å². The molecule has 0 bridgehead atoms. The third kappa shape index (κ3) is 2.61. The first-order chi connectivity index (χ1) is 6.22. The average molecular weight is 186 g/mol. The molecule has 76 valence electrons. The van der Waals surface area contributed by atoms with Gasteiger partial charge in [-0.15, -0.1) is 0 Å². The predicted molar refractivity (Wildman–Crippen MR) is 49.5 cm³/mol. The first kappa shape index (κ1) is 10.4. The molecule has 1 saturated heterocycles. The summed E-state index contributed by atoms with van der Waals surface area (Å²) in [4.78, 5) is 10.7. The Morgan fingerprint density at radius 3 is 2.00 bits per heavy atom. The lowest BCUT2D eigenvalue weighted by atomic mass is 9.80. The maximum atomic E-state index is 10.7. The summed E-state index contributed by atoms with van der Waals surface area (Å²) in [6, 6.07) is 0. The maximum Gasteiger partial charge on any atom is 0.508 e. The van der Waals surface area contributed by atoms with Crippen molar-refractivity contribution >= 4 is 6.16 Å². The maximum absolute atomic E-state index is 10.7. The van der Waals surface area contributed by atoms with Gasteiger partial charge in [0.2, 0.25) is 0 Å². The van der Waals surface area contributed by atoms with Crippen molar-refractivity contribution in [2.24, 2.45) is 5.41 Å². The second-order valence-electron chi connectivity index (χ2n) is 3.83. The van der Waals surface area contributed by atoms with Crippen molar-refractivity contribution < 1.29 is 14.3 Å². The highest BCUT2D eigenvalue weighted by molar-refractivity contribution is 5.60. The number of hydrogen-bond acceptors (Lipinski definition) is 3. The van der Waals surface area contributed by atoms with Crippen LogP contribution in [-0.2, 0) is 9.47 Å². The number of ether oxygens (including phenoxy) is 2.